The van der Waals surface area contributed by atoms with Gasteiger partial charge in [-0.25, -0.2) is 0 Å². The Morgan fingerprint density at radius 3 is 2.38 bits per heavy atom. The third kappa shape index (κ3) is 7.46. The summed E-state index contributed by atoms with van der Waals surface area (Å²) < 4.78 is 53.4. The number of aliphatic hydroxyl groups is 1. The Labute approximate surface area is 224 Å². The lowest BCUT2D eigenvalue weighted by Crippen LogP contribution is -2.36. The van der Waals surface area contributed by atoms with Crippen molar-refractivity contribution in [3.63, 3.8) is 0 Å². The van der Waals surface area contributed by atoms with Crippen LogP contribution < -0.4 is 20.5 Å². The van der Waals surface area contributed by atoms with Crippen molar-refractivity contribution in [1.82, 2.24) is 10.3 Å². The second-order valence-corrected chi connectivity index (χ2v) is 9.32. The summed E-state index contributed by atoms with van der Waals surface area (Å²) >= 11 is 0. The molecule has 206 valence electrons. The number of rotatable bonds is 10. The molecule has 1 aromatic heterocycles. The molecule has 0 saturated carbocycles. The minimum atomic E-state index is -4.74. The largest absolute Gasteiger partial charge is 0.493 e. The van der Waals surface area contributed by atoms with Gasteiger partial charge in [0.15, 0.2) is 11.5 Å². The molecular formula is C28H29F3N4O4. The molecule has 0 aliphatic heterocycles. The van der Waals surface area contributed by atoms with Crippen LogP contribution in [-0.2, 0) is 5.54 Å². The summed E-state index contributed by atoms with van der Waals surface area (Å²) in [6.45, 7) is 2.33. The van der Waals surface area contributed by atoms with E-state index in [1.54, 1.807) is 44.2 Å². The molecule has 0 bridgehead atoms. The van der Waals surface area contributed by atoms with Gasteiger partial charge in [-0.05, 0) is 61.9 Å². The van der Waals surface area contributed by atoms with Crippen LogP contribution in [0.1, 0.15) is 46.9 Å². The third-order valence-corrected chi connectivity index (χ3v) is 5.89. The zero-order valence-corrected chi connectivity index (χ0v) is 21.7. The van der Waals surface area contributed by atoms with Crippen LogP contribution in [0.25, 0.3) is 11.3 Å². The summed E-state index contributed by atoms with van der Waals surface area (Å²) in [5.41, 5.74) is 6.62. The van der Waals surface area contributed by atoms with Crippen molar-refractivity contribution in [3.8, 4) is 28.8 Å². The lowest BCUT2D eigenvalue weighted by Gasteiger charge is -2.25. The summed E-state index contributed by atoms with van der Waals surface area (Å²) in [4.78, 5) is 17.1. The van der Waals surface area contributed by atoms with Crippen LogP contribution >= 0.6 is 0 Å². The van der Waals surface area contributed by atoms with Crippen molar-refractivity contribution in [2.75, 3.05) is 26.9 Å². The van der Waals surface area contributed by atoms with E-state index in [1.807, 2.05) is 6.07 Å². The van der Waals surface area contributed by atoms with E-state index in [9.17, 15) is 18.0 Å². The van der Waals surface area contributed by atoms with E-state index in [4.69, 9.17) is 25.6 Å². The van der Waals surface area contributed by atoms with Gasteiger partial charge >= 0.3 is 6.18 Å². The zero-order chi connectivity index (χ0) is 28.8. The number of hydrogen-bond donors (Lipinski definition) is 3. The van der Waals surface area contributed by atoms with E-state index in [1.165, 1.54) is 31.4 Å². The lowest BCUT2D eigenvalue weighted by molar-refractivity contribution is -0.149. The average Bonchev–Trinajstić information content (AvgIpc) is 2.90. The number of methoxy groups -OCH3 is 1. The maximum atomic E-state index is 14.3. The van der Waals surface area contributed by atoms with Gasteiger partial charge in [-0.15, -0.1) is 0 Å². The summed E-state index contributed by atoms with van der Waals surface area (Å²) in [5.74, 6) is -2.42. The molecule has 2 aromatic carbocycles. The van der Waals surface area contributed by atoms with Gasteiger partial charge in [0.25, 0.3) is 5.91 Å². The minimum absolute atomic E-state index is 0.00525. The Kier molecular flexibility index (Phi) is 9.16. The molecule has 0 radical (unpaired) electrons. The highest BCUT2D eigenvalue weighted by molar-refractivity contribution is 5.95. The van der Waals surface area contributed by atoms with Crippen LogP contribution in [0.2, 0.25) is 0 Å². The van der Waals surface area contributed by atoms with E-state index in [-0.39, 0.29) is 41.7 Å². The fourth-order valence-corrected chi connectivity index (χ4v) is 3.73. The molecule has 39 heavy (non-hydrogen) atoms. The quantitative estimate of drug-likeness (QED) is 0.349. The number of amides is 1. The third-order valence-electron chi connectivity index (χ3n) is 5.89. The van der Waals surface area contributed by atoms with Crippen molar-refractivity contribution in [3.05, 3.63) is 77.0 Å². The van der Waals surface area contributed by atoms with Crippen molar-refractivity contribution >= 4 is 5.91 Å². The topological polar surface area (TPSA) is 130 Å². The number of carbonyl (C=O) groups is 1. The molecule has 0 aliphatic rings. The number of pyridine rings is 1. The zero-order valence-electron chi connectivity index (χ0n) is 21.7. The first-order valence-corrected chi connectivity index (χ1v) is 12.0. The van der Waals surface area contributed by atoms with Crippen LogP contribution in [0.15, 0.2) is 54.6 Å². The number of nitriles is 1. The Hall–Kier alpha value is -4.14. The van der Waals surface area contributed by atoms with Crippen LogP contribution in [0.5, 0.6) is 11.5 Å². The molecule has 3 rings (SSSR count). The van der Waals surface area contributed by atoms with Crippen LogP contribution in [0, 0.1) is 11.3 Å². The van der Waals surface area contributed by atoms with Crippen molar-refractivity contribution in [2.24, 2.45) is 5.73 Å². The number of aromatic nitrogens is 1. The summed E-state index contributed by atoms with van der Waals surface area (Å²) in [6.07, 6.45) is -4.74. The molecule has 1 amide bonds. The number of hydrogen-bond acceptors (Lipinski definition) is 7. The maximum absolute atomic E-state index is 14.3. The first kappa shape index (κ1) is 29.4. The van der Waals surface area contributed by atoms with Gasteiger partial charge in [0.05, 0.1) is 36.7 Å². The summed E-state index contributed by atoms with van der Waals surface area (Å²) in [6, 6.07) is 15.4. The Bertz CT molecular complexity index is 1350. The molecule has 1 atom stereocenters. The van der Waals surface area contributed by atoms with Gasteiger partial charge < -0.3 is 25.6 Å². The van der Waals surface area contributed by atoms with E-state index in [0.717, 1.165) is 0 Å². The number of nitrogens with one attached hydrogen (secondary N) is 1. The van der Waals surface area contributed by atoms with Crippen LogP contribution in [-0.4, -0.2) is 49.0 Å². The lowest BCUT2D eigenvalue weighted by atomic mass is 9.91. The number of aliphatic hydroxyl groups excluding tert-OH is 1. The van der Waals surface area contributed by atoms with Gasteiger partial charge in [-0.2, -0.15) is 18.4 Å². The summed E-state index contributed by atoms with van der Waals surface area (Å²) in [5, 5.41) is 20.3. The first-order valence-electron chi connectivity index (χ1n) is 12.0. The van der Waals surface area contributed by atoms with Crippen molar-refractivity contribution in [1.29, 1.82) is 5.26 Å². The molecule has 8 nitrogen and oxygen atoms in total. The Balaban J connectivity index is 1.94. The molecule has 1 heterocycles. The number of nitrogens with zero attached hydrogens (tertiary/aromatic N) is 2. The molecule has 0 spiro atoms. The molecule has 4 N–H and O–H groups in total. The van der Waals surface area contributed by atoms with Gasteiger partial charge in [-0.3, -0.25) is 9.78 Å². The maximum Gasteiger partial charge on any atom is 0.398 e. The number of ether oxygens (including phenoxy) is 2. The minimum Gasteiger partial charge on any atom is -0.493 e. The summed E-state index contributed by atoms with van der Waals surface area (Å²) in [7, 11) is 1.35. The normalized spacial score (nSPS) is 12.4. The van der Waals surface area contributed by atoms with Crippen molar-refractivity contribution < 1.29 is 32.5 Å². The molecule has 0 fully saturated rings. The number of halogens is 3. The predicted octanol–water partition coefficient (Wildman–Crippen LogP) is 4.27. The van der Waals surface area contributed by atoms with Gasteiger partial charge in [0.1, 0.15) is 12.5 Å². The van der Waals surface area contributed by atoms with Crippen LogP contribution in [0.4, 0.5) is 13.2 Å². The molecule has 0 aliphatic carbocycles. The standard InChI is InChI=1S/C28H29F3N4O4/c1-27(2,33)20-13-22(18-6-4-17(15-32)5-7-18)35-23(14-20)21(28(29,30)31)16-34-26(37)19-8-9-24(39-11-10-36)25(12-19)38-3/h4-9,12-14,21,36H,10-11,16,33H2,1-3H3,(H,34,37). The molecule has 3 aromatic rings. The second kappa shape index (κ2) is 12.1. The molecular weight excluding hydrogens is 513 g/mol. The van der Waals surface area contributed by atoms with Gasteiger partial charge in [0.2, 0.25) is 0 Å². The Morgan fingerprint density at radius 2 is 1.82 bits per heavy atom. The smallest absolute Gasteiger partial charge is 0.398 e. The van der Waals surface area contributed by atoms with Gasteiger partial charge in [-0.1, -0.05) is 12.1 Å². The SMILES string of the molecule is COc1cc(C(=O)NCC(c2cc(C(C)(C)N)cc(-c3ccc(C#N)cc3)n2)C(F)(F)F)ccc1OCCO. The Morgan fingerprint density at radius 1 is 1.13 bits per heavy atom. The predicted molar refractivity (Wildman–Crippen MR) is 138 cm³/mol. The number of alkyl halides is 3. The van der Waals surface area contributed by atoms with E-state index in [0.29, 0.717) is 16.7 Å². The monoisotopic (exact) mass is 542 g/mol. The fraction of sp³-hybridized carbons (Fsp3) is 0.321. The highest BCUT2D eigenvalue weighted by Gasteiger charge is 2.42. The van der Waals surface area contributed by atoms with E-state index < -0.39 is 30.1 Å². The molecule has 0 saturated heterocycles. The number of nitrogens with two attached hydrogens (primary N) is 1. The molecule has 1 unspecified atom stereocenters. The highest BCUT2D eigenvalue weighted by Crippen LogP contribution is 2.36. The number of carbonyl (C=O) groups excluding carboxylic acids is 1. The second-order valence-electron chi connectivity index (χ2n) is 9.32. The molecule has 11 heteroatoms. The average molecular weight is 543 g/mol. The first-order chi connectivity index (χ1) is 18.4. The van der Waals surface area contributed by atoms with E-state index >= 15 is 0 Å². The highest BCUT2D eigenvalue weighted by atomic mass is 19.4. The van der Waals surface area contributed by atoms with E-state index in [2.05, 4.69) is 10.3 Å². The van der Waals surface area contributed by atoms with Gasteiger partial charge in [0, 0.05) is 23.2 Å². The fourth-order valence-electron chi connectivity index (χ4n) is 3.73. The number of benzene rings is 2. The van der Waals surface area contributed by atoms with Crippen molar-refractivity contribution in [2.45, 2.75) is 31.5 Å². The van der Waals surface area contributed by atoms with Crippen LogP contribution in [0.3, 0.4) is 0 Å².